The third-order valence-electron chi connectivity index (χ3n) is 3.91. The van der Waals surface area contributed by atoms with Crippen molar-refractivity contribution in [2.75, 3.05) is 13.1 Å². The van der Waals surface area contributed by atoms with Crippen LogP contribution in [0.25, 0.3) is 0 Å². The Kier molecular flexibility index (Phi) is 4.82. The van der Waals surface area contributed by atoms with Crippen LogP contribution in [0.1, 0.15) is 33.0 Å². The first-order valence-electron chi connectivity index (χ1n) is 7.12. The Morgan fingerprint density at radius 1 is 1.55 bits per heavy atom. The SMILES string of the molecule is CC(C)S(=O)(=O)N1CC[C@@H](NCc2ncc[nH]2)[C@H](C)C1. The summed E-state index contributed by atoms with van der Waals surface area (Å²) in [5, 5.41) is 3.11. The second-order valence-corrected chi connectivity index (χ2v) is 8.23. The Balaban J connectivity index is 1.89. The number of piperidine rings is 1. The Morgan fingerprint density at radius 3 is 2.85 bits per heavy atom. The molecule has 114 valence electrons. The molecule has 1 aliphatic heterocycles. The van der Waals surface area contributed by atoms with E-state index in [0.717, 1.165) is 12.2 Å². The summed E-state index contributed by atoms with van der Waals surface area (Å²) in [6.07, 6.45) is 4.38. The van der Waals surface area contributed by atoms with E-state index in [9.17, 15) is 8.42 Å². The molecule has 2 rings (SSSR count). The maximum Gasteiger partial charge on any atom is 0.216 e. The van der Waals surface area contributed by atoms with Crippen LogP contribution >= 0.6 is 0 Å². The summed E-state index contributed by atoms with van der Waals surface area (Å²) >= 11 is 0. The molecule has 0 aromatic carbocycles. The molecular formula is C13H24N4O2S. The van der Waals surface area contributed by atoms with Crippen molar-refractivity contribution in [3.05, 3.63) is 18.2 Å². The van der Waals surface area contributed by atoms with Crippen LogP contribution in [0.4, 0.5) is 0 Å². The lowest BCUT2D eigenvalue weighted by Crippen LogP contribution is -2.51. The van der Waals surface area contributed by atoms with E-state index in [1.165, 1.54) is 0 Å². The van der Waals surface area contributed by atoms with Gasteiger partial charge < -0.3 is 10.3 Å². The lowest BCUT2D eigenvalue weighted by Gasteiger charge is -2.37. The molecule has 2 heterocycles. The number of imidazole rings is 1. The third-order valence-corrected chi connectivity index (χ3v) is 6.15. The Labute approximate surface area is 121 Å². The molecule has 0 unspecified atom stereocenters. The van der Waals surface area contributed by atoms with Crippen LogP contribution < -0.4 is 5.32 Å². The quantitative estimate of drug-likeness (QED) is 0.848. The molecule has 2 atom stereocenters. The van der Waals surface area contributed by atoms with Crippen LogP contribution in [-0.4, -0.2) is 47.1 Å². The second kappa shape index (κ2) is 6.24. The largest absolute Gasteiger partial charge is 0.348 e. The van der Waals surface area contributed by atoms with Crippen molar-refractivity contribution in [1.82, 2.24) is 19.6 Å². The van der Waals surface area contributed by atoms with E-state index in [1.54, 1.807) is 30.5 Å². The van der Waals surface area contributed by atoms with Crippen LogP contribution in [0.2, 0.25) is 0 Å². The predicted octanol–water partition coefficient (Wildman–Crippen LogP) is 0.948. The lowest BCUT2D eigenvalue weighted by molar-refractivity contribution is 0.217. The fourth-order valence-corrected chi connectivity index (χ4v) is 3.96. The summed E-state index contributed by atoms with van der Waals surface area (Å²) in [5.74, 6) is 1.21. The van der Waals surface area contributed by atoms with Gasteiger partial charge in [-0.1, -0.05) is 6.92 Å². The molecule has 0 amide bonds. The smallest absolute Gasteiger partial charge is 0.216 e. The summed E-state index contributed by atoms with van der Waals surface area (Å²) in [4.78, 5) is 7.24. The molecule has 1 aromatic heterocycles. The van der Waals surface area contributed by atoms with E-state index >= 15 is 0 Å². The predicted molar refractivity (Wildman–Crippen MR) is 78.6 cm³/mol. The summed E-state index contributed by atoms with van der Waals surface area (Å²) in [5.41, 5.74) is 0. The monoisotopic (exact) mass is 300 g/mol. The van der Waals surface area contributed by atoms with Gasteiger partial charge in [0.25, 0.3) is 0 Å². The maximum absolute atomic E-state index is 12.2. The minimum atomic E-state index is -3.13. The van der Waals surface area contributed by atoms with Crippen LogP contribution in [0.3, 0.4) is 0 Å². The van der Waals surface area contributed by atoms with Crippen molar-refractivity contribution >= 4 is 10.0 Å². The van der Waals surface area contributed by atoms with E-state index < -0.39 is 10.0 Å². The van der Waals surface area contributed by atoms with Crippen molar-refractivity contribution in [2.45, 2.75) is 45.0 Å². The topological polar surface area (TPSA) is 78.1 Å². The van der Waals surface area contributed by atoms with E-state index in [0.29, 0.717) is 31.6 Å². The second-order valence-electron chi connectivity index (χ2n) is 5.74. The molecule has 7 heteroatoms. The van der Waals surface area contributed by atoms with Crippen molar-refractivity contribution in [1.29, 1.82) is 0 Å². The summed E-state index contributed by atoms with van der Waals surface area (Å²) in [7, 11) is -3.13. The van der Waals surface area contributed by atoms with Gasteiger partial charge in [-0.15, -0.1) is 0 Å². The Hall–Kier alpha value is -0.920. The molecule has 1 aliphatic rings. The molecule has 0 radical (unpaired) electrons. The van der Waals surface area contributed by atoms with Gasteiger partial charge >= 0.3 is 0 Å². The molecule has 0 aliphatic carbocycles. The molecule has 20 heavy (non-hydrogen) atoms. The highest BCUT2D eigenvalue weighted by atomic mass is 32.2. The van der Waals surface area contributed by atoms with E-state index in [1.807, 2.05) is 0 Å². The lowest BCUT2D eigenvalue weighted by atomic mass is 9.95. The Bertz CT molecular complexity index is 512. The highest BCUT2D eigenvalue weighted by molar-refractivity contribution is 7.89. The van der Waals surface area contributed by atoms with Gasteiger partial charge in [0, 0.05) is 31.5 Å². The first-order valence-corrected chi connectivity index (χ1v) is 8.62. The normalized spacial score (nSPS) is 25.2. The average molecular weight is 300 g/mol. The number of hydrogen-bond acceptors (Lipinski definition) is 4. The van der Waals surface area contributed by atoms with Crippen LogP contribution in [0.15, 0.2) is 12.4 Å². The molecule has 0 spiro atoms. The zero-order valence-electron chi connectivity index (χ0n) is 12.3. The molecule has 1 fully saturated rings. The van der Waals surface area contributed by atoms with Crippen LogP contribution in [-0.2, 0) is 16.6 Å². The summed E-state index contributed by atoms with van der Waals surface area (Å²) < 4.78 is 26.0. The van der Waals surface area contributed by atoms with Gasteiger partial charge in [-0.2, -0.15) is 0 Å². The van der Waals surface area contributed by atoms with Gasteiger partial charge in [-0.3, -0.25) is 0 Å². The molecule has 2 N–H and O–H groups in total. The molecule has 0 saturated carbocycles. The number of aromatic nitrogens is 2. The first kappa shape index (κ1) is 15.5. The minimum Gasteiger partial charge on any atom is -0.348 e. The highest BCUT2D eigenvalue weighted by Crippen LogP contribution is 2.21. The minimum absolute atomic E-state index is 0.298. The fraction of sp³-hybridized carbons (Fsp3) is 0.769. The number of nitrogens with zero attached hydrogens (tertiary/aromatic N) is 2. The molecule has 1 aromatic rings. The van der Waals surface area contributed by atoms with Crippen LogP contribution in [0.5, 0.6) is 0 Å². The van der Waals surface area contributed by atoms with Gasteiger partial charge in [0.1, 0.15) is 5.82 Å². The number of nitrogens with one attached hydrogen (secondary N) is 2. The van der Waals surface area contributed by atoms with E-state index in [4.69, 9.17) is 0 Å². The molecular weight excluding hydrogens is 276 g/mol. The summed E-state index contributed by atoms with van der Waals surface area (Å²) in [6, 6.07) is 0.332. The standard InChI is InChI=1S/C13H24N4O2S/c1-10(2)20(18,19)17-7-4-12(11(3)9-17)16-8-13-14-5-6-15-13/h5-6,10-12,16H,4,7-9H2,1-3H3,(H,14,15)/t11-,12-/m1/s1. The highest BCUT2D eigenvalue weighted by Gasteiger charge is 2.33. The van der Waals surface area contributed by atoms with Crippen molar-refractivity contribution in [3.8, 4) is 0 Å². The van der Waals surface area contributed by atoms with Crippen LogP contribution in [0, 0.1) is 5.92 Å². The molecule has 0 bridgehead atoms. The number of H-pyrrole nitrogens is 1. The Morgan fingerprint density at radius 2 is 2.30 bits per heavy atom. The van der Waals surface area contributed by atoms with Crippen molar-refractivity contribution < 1.29 is 8.42 Å². The van der Waals surface area contributed by atoms with Gasteiger partial charge in [0.2, 0.25) is 10.0 Å². The van der Waals surface area contributed by atoms with E-state index in [-0.39, 0.29) is 5.25 Å². The maximum atomic E-state index is 12.2. The van der Waals surface area contributed by atoms with Crippen molar-refractivity contribution in [3.63, 3.8) is 0 Å². The van der Waals surface area contributed by atoms with E-state index in [2.05, 4.69) is 22.2 Å². The number of rotatable bonds is 5. The van der Waals surface area contributed by atoms with Gasteiger partial charge in [-0.25, -0.2) is 17.7 Å². The fourth-order valence-electron chi connectivity index (χ4n) is 2.56. The third kappa shape index (κ3) is 3.39. The zero-order valence-corrected chi connectivity index (χ0v) is 13.2. The molecule has 1 saturated heterocycles. The number of aromatic amines is 1. The first-order chi connectivity index (χ1) is 9.41. The molecule has 6 nitrogen and oxygen atoms in total. The number of hydrogen-bond donors (Lipinski definition) is 2. The van der Waals surface area contributed by atoms with Crippen molar-refractivity contribution in [2.24, 2.45) is 5.92 Å². The van der Waals surface area contributed by atoms with Gasteiger partial charge in [-0.05, 0) is 26.2 Å². The number of sulfonamides is 1. The summed E-state index contributed by atoms with van der Waals surface area (Å²) in [6.45, 7) is 7.46. The zero-order chi connectivity index (χ0) is 14.8. The average Bonchev–Trinajstić information content (AvgIpc) is 2.90. The van der Waals surface area contributed by atoms with Gasteiger partial charge in [0.05, 0.1) is 11.8 Å². The van der Waals surface area contributed by atoms with Gasteiger partial charge in [0.15, 0.2) is 0 Å².